The van der Waals surface area contributed by atoms with Crippen LogP contribution in [-0.4, -0.2) is 98.8 Å². The molecule has 1 aliphatic heterocycles. The lowest BCUT2D eigenvalue weighted by Gasteiger charge is -2.29. The van der Waals surface area contributed by atoms with Crippen molar-refractivity contribution in [1.29, 1.82) is 0 Å². The van der Waals surface area contributed by atoms with Crippen molar-refractivity contribution < 1.29 is 34.5 Å². The zero-order valence-corrected chi connectivity index (χ0v) is 18.2. The third-order valence-electron chi connectivity index (χ3n) is 4.93. The lowest BCUT2D eigenvalue weighted by Crippen LogP contribution is -2.58. The maximum atomic E-state index is 12.8. The van der Waals surface area contributed by atoms with Crippen LogP contribution in [0.15, 0.2) is 0 Å². The summed E-state index contributed by atoms with van der Waals surface area (Å²) in [6.07, 6.45) is 0.608. The Kier molecular flexibility index (Phi) is 10.5. The normalized spacial score (nSPS) is 21.3. The molecule has 0 bridgehead atoms. The highest BCUT2D eigenvalue weighted by Gasteiger charge is 2.39. The van der Waals surface area contributed by atoms with Crippen LogP contribution in [0.2, 0.25) is 0 Å². The number of carboxylic acid groups (broad SMARTS) is 1. The smallest absolute Gasteiger partial charge is 0.328 e. The van der Waals surface area contributed by atoms with Gasteiger partial charge in [-0.05, 0) is 45.1 Å². The molecule has 1 fully saturated rings. The Balaban J connectivity index is 2.90. The van der Waals surface area contributed by atoms with Gasteiger partial charge in [0, 0.05) is 6.54 Å². The van der Waals surface area contributed by atoms with Crippen LogP contribution in [0, 0.1) is 0 Å². The average Bonchev–Trinajstić information content (AvgIpc) is 3.16. The quantitative estimate of drug-likeness (QED) is 0.206. The topological polar surface area (TPSA) is 182 Å². The van der Waals surface area contributed by atoms with E-state index < -0.39 is 60.1 Å². The summed E-state index contributed by atoms with van der Waals surface area (Å²) in [5.41, 5.74) is 5.71. The molecule has 172 valence electrons. The number of likely N-dealkylation sites (tertiary alicyclic amines) is 1. The summed E-state index contributed by atoms with van der Waals surface area (Å²) >= 11 is 1.44. The minimum atomic E-state index is -1.51. The van der Waals surface area contributed by atoms with Crippen LogP contribution in [0.4, 0.5) is 0 Å². The number of carbonyl (C=O) groups excluding carboxylic acids is 3. The fourth-order valence-corrected chi connectivity index (χ4v) is 3.59. The van der Waals surface area contributed by atoms with Gasteiger partial charge in [0.15, 0.2) is 6.04 Å². The van der Waals surface area contributed by atoms with Crippen LogP contribution in [0.1, 0.15) is 33.1 Å². The van der Waals surface area contributed by atoms with Gasteiger partial charge < -0.3 is 36.6 Å². The molecule has 1 heterocycles. The summed E-state index contributed by atoms with van der Waals surface area (Å²) in [5, 5.41) is 33.1. The molecule has 3 amide bonds. The first-order valence-corrected chi connectivity index (χ1v) is 11.1. The Bertz CT molecular complexity index is 632. The van der Waals surface area contributed by atoms with Gasteiger partial charge in [0.1, 0.15) is 18.1 Å². The molecule has 11 nitrogen and oxygen atoms in total. The van der Waals surface area contributed by atoms with E-state index >= 15 is 0 Å². The highest BCUT2D eigenvalue weighted by atomic mass is 32.2. The summed E-state index contributed by atoms with van der Waals surface area (Å²) < 4.78 is 0. The average molecular weight is 449 g/mol. The first kappa shape index (κ1) is 26.1. The molecule has 0 aliphatic carbocycles. The summed E-state index contributed by atoms with van der Waals surface area (Å²) in [6.45, 7) is 2.93. The van der Waals surface area contributed by atoms with E-state index in [1.807, 2.05) is 6.26 Å². The summed E-state index contributed by atoms with van der Waals surface area (Å²) in [7, 11) is 0. The third kappa shape index (κ3) is 7.11. The molecule has 0 aromatic heterocycles. The van der Waals surface area contributed by atoms with Gasteiger partial charge in [-0.25, -0.2) is 4.79 Å². The van der Waals surface area contributed by atoms with Crippen LogP contribution in [0.5, 0.6) is 0 Å². The Morgan fingerprint density at radius 2 is 1.80 bits per heavy atom. The van der Waals surface area contributed by atoms with Crippen molar-refractivity contribution >= 4 is 35.5 Å². The fraction of sp³-hybridized carbons (Fsp3) is 0.778. The molecule has 0 aromatic carbocycles. The largest absolute Gasteiger partial charge is 0.480 e. The molecule has 6 atom stereocenters. The molecular weight excluding hydrogens is 416 g/mol. The van der Waals surface area contributed by atoms with Crippen molar-refractivity contribution in [1.82, 2.24) is 15.5 Å². The number of hydrogen-bond acceptors (Lipinski definition) is 8. The van der Waals surface area contributed by atoms with Crippen molar-refractivity contribution in [3.63, 3.8) is 0 Å². The molecule has 1 saturated heterocycles. The predicted octanol–water partition coefficient (Wildman–Crippen LogP) is -2.13. The lowest BCUT2D eigenvalue weighted by molar-refractivity contribution is -0.145. The molecule has 6 unspecified atom stereocenters. The van der Waals surface area contributed by atoms with Crippen LogP contribution in [0.25, 0.3) is 0 Å². The molecule has 1 rings (SSSR count). The number of hydrogen-bond donors (Lipinski definition) is 6. The highest BCUT2D eigenvalue weighted by molar-refractivity contribution is 7.98. The molecular formula is C18H32N4O7S. The number of aliphatic hydroxyl groups is 2. The predicted molar refractivity (Wildman–Crippen MR) is 111 cm³/mol. The van der Waals surface area contributed by atoms with Gasteiger partial charge >= 0.3 is 5.97 Å². The fourth-order valence-electron chi connectivity index (χ4n) is 3.12. The van der Waals surface area contributed by atoms with Crippen molar-refractivity contribution in [3.8, 4) is 0 Å². The van der Waals surface area contributed by atoms with Gasteiger partial charge in [-0.3, -0.25) is 14.4 Å². The van der Waals surface area contributed by atoms with E-state index in [0.29, 0.717) is 25.1 Å². The molecule has 0 saturated carbocycles. The second-order valence-corrected chi connectivity index (χ2v) is 8.35. The summed E-state index contributed by atoms with van der Waals surface area (Å²) in [6, 6.07) is -4.54. The van der Waals surface area contributed by atoms with Gasteiger partial charge in [0.05, 0.1) is 12.2 Å². The van der Waals surface area contributed by atoms with Crippen molar-refractivity contribution in [3.05, 3.63) is 0 Å². The number of nitrogens with two attached hydrogens (primary N) is 1. The number of aliphatic hydroxyl groups excluding tert-OH is 2. The Labute approximate surface area is 179 Å². The first-order chi connectivity index (χ1) is 14.0. The molecule has 12 heteroatoms. The molecule has 0 aromatic rings. The van der Waals surface area contributed by atoms with E-state index in [9.17, 15) is 29.4 Å². The molecule has 0 radical (unpaired) electrons. The number of nitrogens with zero attached hydrogens (tertiary/aromatic N) is 1. The third-order valence-corrected chi connectivity index (χ3v) is 5.58. The van der Waals surface area contributed by atoms with Gasteiger partial charge in [0.25, 0.3) is 0 Å². The lowest BCUT2D eigenvalue weighted by atomic mass is 10.1. The molecule has 7 N–H and O–H groups in total. The van der Waals surface area contributed by atoms with Crippen LogP contribution >= 0.6 is 11.8 Å². The van der Waals surface area contributed by atoms with E-state index in [0.717, 1.165) is 0 Å². The number of nitrogens with one attached hydrogen (secondary N) is 2. The monoisotopic (exact) mass is 448 g/mol. The number of carbonyl (C=O) groups is 4. The maximum Gasteiger partial charge on any atom is 0.328 e. The number of carboxylic acids is 1. The zero-order valence-electron chi connectivity index (χ0n) is 17.4. The Morgan fingerprint density at radius 1 is 1.17 bits per heavy atom. The van der Waals surface area contributed by atoms with Crippen molar-refractivity contribution in [2.24, 2.45) is 5.73 Å². The number of amides is 3. The zero-order chi connectivity index (χ0) is 23.0. The Hall–Kier alpha value is -1.89. The van der Waals surface area contributed by atoms with E-state index in [4.69, 9.17) is 10.8 Å². The van der Waals surface area contributed by atoms with Gasteiger partial charge in [-0.2, -0.15) is 11.8 Å². The summed E-state index contributed by atoms with van der Waals surface area (Å²) in [5.74, 6) is -2.71. The van der Waals surface area contributed by atoms with Gasteiger partial charge in [0.2, 0.25) is 17.7 Å². The van der Waals surface area contributed by atoms with E-state index in [-0.39, 0.29) is 6.42 Å². The first-order valence-electron chi connectivity index (χ1n) is 9.75. The molecule has 1 aliphatic rings. The van der Waals surface area contributed by atoms with Crippen LogP contribution in [-0.2, 0) is 19.2 Å². The van der Waals surface area contributed by atoms with E-state index in [1.54, 1.807) is 0 Å². The minimum absolute atomic E-state index is 0.235. The number of rotatable bonds is 11. The highest BCUT2D eigenvalue weighted by Crippen LogP contribution is 2.19. The van der Waals surface area contributed by atoms with Crippen molar-refractivity contribution in [2.45, 2.75) is 69.5 Å². The second kappa shape index (κ2) is 12.1. The number of aliphatic carboxylic acids is 1. The maximum absolute atomic E-state index is 12.8. The van der Waals surface area contributed by atoms with Crippen LogP contribution < -0.4 is 16.4 Å². The second-order valence-electron chi connectivity index (χ2n) is 7.36. The minimum Gasteiger partial charge on any atom is -0.480 e. The SMILES string of the molecule is CSCCC(NC(=O)C1CCCN1C(=O)C(N)C(C)O)C(=O)NC(C(=O)O)C(C)O. The summed E-state index contributed by atoms with van der Waals surface area (Å²) in [4.78, 5) is 50.4. The molecule has 30 heavy (non-hydrogen) atoms. The van der Waals surface area contributed by atoms with Crippen molar-refractivity contribution in [2.75, 3.05) is 18.6 Å². The number of thioether (sulfide) groups is 1. The van der Waals surface area contributed by atoms with Gasteiger partial charge in [-0.1, -0.05) is 0 Å². The van der Waals surface area contributed by atoms with E-state index in [2.05, 4.69) is 10.6 Å². The van der Waals surface area contributed by atoms with Crippen LogP contribution in [0.3, 0.4) is 0 Å². The molecule has 0 spiro atoms. The van der Waals surface area contributed by atoms with Gasteiger partial charge in [-0.15, -0.1) is 0 Å². The Morgan fingerprint density at radius 3 is 2.30 bits per heavy atom. The standard InChI is InChI=1S/C18H32N4O7S/c1-9(23)13(19)17(27)22-7-4-5-12(22)16(26)20-11(6-8-30-3)15(25)21-14(10(2)24)18(28)29/h9-14,23-24H,4-8,19H2,1-3H3,(H,20,26)(H,21,25)(H,28,29). The van der Waals surface area contributed by atoms with E-state index in [1.165, 1.54) is 30.5 Å².